The molecule has 21 heavy (non-hydrogen) atoms. The summed E-state index contributed by atoms with van der Waals surface area (Å²) < 4.78 is 6.11. The fourth-order valence-electron chi connectivity index (χ4n) is 3.20. The summed E-state index contributed by atoms with van der Waals surface area (Å²) in [6.07, 6.45) is 0.225. The Labute approximate surface area is 129 Å². The van der Waals surface area contributed by atoms with Gasteiger partial charge >= 0.3 is 0 Å². The van der Waals surface area contributed by atoms with Crippen molar-refractivity contribution in [3.8, 4) is 0 Å². The van der Waals surface area contributed by atoms with E-state index in [4.69, 9.17) is 4.74 Å². The van der Waals surface area contributed by atoms with E-state index in [-0.39, 0.29) is 12.1 Å². The van der Waals surface area contributed by atoms with E-state index in [2.05, 4.69) is 63.0 Å². The second-order valence-electron chi connectivity index (χ2n) is 6.39. The molecule has 1 fully saturated rings. The molecule has 0 amide bonds. The van der Waals surface area contributed by atoms with Crippen molar-refractivity contribution in [3.05, 3.63) is 34.9 Å². The van der Waals surface area contributed by atoms with E-state index in [1.165, 1.54) is 16.7 Å². The minimum Gasteiger partial charge on any atom is -0.374 e. The summed E-state index contributed by atoms with van der Waals surface area (Å²) in [5.74, 6) is 0. The molecule has 0 bridgehead atoms. The Hall–Kier alpha value is -0.900. The highest BCUT2D eigenvalue weighted by Crippen LogP contribution is 2.26. The largest absolute Gasteiger partial charge is 0.374 e. The Kier molecular flexibility index (Phi) is 5.80. The molecule has 1 heterocycles. The molecule has 1 saturated heterocycles. The van der Waals surface area contributed by atoms with Crippen molar-refractivity contribution in [2.24, 2.45) is 0 Å². The topological polar surface area (TPSA) is 24.5 Å². The van der Waals surface area contributed by atoms with E-state index in [0.29, 0.717) is 6.04 Å². The van der Waals surface area contributed by atoms with Gasteiger partial charge in [0.15, 0.2) is 0 Å². The monoisotopic (exact) mass is 290 g/mol. The van der Waals surface area contributed by atoms with Gasteiger partial charge in [-0.25, -0.2) is 0 Å². The first-order chi connectivity index (χ1) is 10.0. The number of ether oxygens (including phenoxy) is 1. The molecule has 3 nitrogen and oxygen atoms in total. The van der Waals surface area contributed by atoms with Crippen LogP contribution in [0, 0.1) is 13.8 Å². The molecule has 0 spiro atoms. The Bertz CT molecular complexity index is 459. The summed E-state index contributed by atoms with van der Waals surface area (Å²) in [6.45, 7) is 14.9. The molecular formula is C18H30N2O. The summed E-state index contributed by atoms with van der Waals surface area (Å²) in [5.41, 5.74) is 4.05. The van der Waals surface area contributed by atoms with Crippen LogP contribution in [-0.4, -0.2) is 43.3 Å². The number of nitrogens with zero attached hydrogens (tertiary/aromatic N) is 1. The molecule has 0 radical (unpaired) electrons. The standard InChI is InChI=1S/C18H30N2O/c1-6-19-18(16-8-7-14(4)11-15(16)5)17-12-20(13(2)3)9-10-21-17/h7-8,11,13,17-19H,6,9-10,12H2,1-5H3. The lowest BCUT2D eigenvalue weighted by Gasteiger charge is -2.39. The van der Waals surface area contributed by atoms with Crippen LogP contribution in [0.5, 0.6) is 0 Å². The van der Waals surface area contributed by atoms with E-state index in [1.54, 1.807) is 0 Å². The first-order valence-electron chi connectivity index (χ1n) is 8.19. The van der Waals surface area contributed by atoms with Crippen LogP contribution in [-0.2, 0) is 4.74 Å². The summed E-state index contributed by atoms with van der Waals surface area (Å²) >= 11 is 0. The Morgan fingerprint density at radius 3 is 2.71 bits per heavy atom. The lowest BCUT2D eigenvalue weighted by Crippen LogP contribution is -2.50. The molecule has 118 valence electrons. The van der Waals surface area contributed by atoms with Crippen LogP contribution in [0.25, 0.3) is 0 Å². The number of rotatable bonds is 5. The summed E-state index contributed by atoms with van der Waals surface area (Å²) in [6, 6.07) is 7.59. The van der Waals surface area contributed by atoms with Gasteiger partial charge in [0.2, 0.25) is 0 Å². The maximum absolute atomic E-state index is 6.11. The van der Waals surface area contributed by atoms with Crippen molar-refractivity contribution in [2.45, 2.75) is 52.8 Å². The SMILES string of the molecule is CCNC(c1ccc(C)cc1C)C1CN(C(C)C)CCO1. The van der Waals surface area contributed by atoms with E-state index < -0.39 is 0 Å². The number of benzene rings is 1. The van der Waals surface area contributed by atoms with E-state index in [0.717, 1.165) is 26.2 Å². The highest BCUT2D eigenvalue weighted by molar-refractivity contribution is 5.33. The number of aryl methyl sites for hydroxylation is 2. The van der Waals surface area contributed by atoms with Gasteiger partial charge in [0.25, 0.3) is 0 Å². The average molecular weight is 290 g/mol. The quantitative estimate of drug-likeness (QED) is 0.902. The normalized spacial score (nSPS) is 21.7. The highest BCUT2D eigenvalue weighted by Gasteiger charge is 2.30. The van der Waals surface area contributed by atoms with Gasteiger partial charge in [0.1, 0.15) is 0 Å². The zero-order valence-corrected chi connectivity index (χ0v) is 14.1. The third kappa shape index (κ3) is 4.06. The van der Waals surface area contributed by atoms with Gasteiger partial charge in [-0.2, -0.15) is 0 Å². The average Bonchev–Trinajstić information content (AvgIpc) is 2.45. The molecule has 2 unspecified atom stereocenters. The maximum Gasteiger partial charge on any atom is 0.0897 e. The van der Waals surface area contributed by atoms with E-state index in [1.807, 2.05) is 0 Å². The number of hydrogen-bond donors (Lipinski definition) is 1. The van der Waals surface area contributed by atoms with Gasteiger partial charge < -0.3 is 10.1 Å². The molecular weight excluding hydrogens is 260 g/mol. The van der Waals surface area contributed by atoms with Crippen LogP contribution in [0.3, 0.4) is 0 Å². The van der Waals surface area contributed by atoms with Gasteiger partial charge in [-0.1, -0.05) is 30.7 Å². The van der Waals surface area contributed by atoms with Crippen LogP contribution in [0.4, 0.5) is 0 Å². The predicted octanol–water partition coefficient (Wildman–Crippen LogP) is 3.06. The fourth-order valence-corrected chi connectivity index (χ4v) is 3.20. The minimum atomic E-state index is 0.225. The molecule has 0 saturated carbocycles. The number of likely N-dealkylation sites (N-methyl/N-ethyl adjacent to an activating group) is 1. The van der Waals surface area contributed by atoms with Crippen LogP contribution in [0.15, 0.2) is 18.2 Å². The summed E-state index contributed by atoms with van der Waals surface area (Å²) in [7, 11) is 0. The summed E-state index contributed by atoms with van der Waals surface area (Å²) in [5, 5.41) is 3.64. The van der Waals surface area contributed by atoms with E-state index in [9.17, 15) is 0 Å². The third-order valence-electron chi connectivity index (χ3n) is 4.41. The lowest BCUT2D eigenvalue weighted by molar-refractivity contribution is -0.0559. The first kappa shape index (κ1) is 16.5. The van der Waals surface area contributed by atoms with Crippen LogP contribution < -0.4 is 5.32 Å². The van der Waals surface area contributed by atoms with Crippen LogP contribution in [0.2, 0.25) is 0 Å². The minimum absolute atomic E-state index is 0.225. The molecule has 2 rings (SSSR count). The van der Waals surface area contributed by atoms with Crippen LogP contribution in [0.1, 0.15) is 43.5 Å². The molecule has 3 heteroatoms. The lowest BCUT2D eigenvalue weighted by atomic mass is 9.94. The van der Waals surface area contributed by atoms with Gasteiger partial charge in [0, 0.05) is 19.1 Å². The Morgan fingerprint density at radius 1 is 1.33 bits per heavy atom. The molecule has 1 aliphatic heterocycles. The first-order valence-corrected chi connectivity index (χ1v) is 8.19. The maximum atomic E-state index is 6.11. The Morgan fingerprint density at radius 2 is 2.10 bits per heavy atom. The van der Waals surface area contributed by atoms with Crippen molar-refractivity contribution in [1.82, 2.24) is 10.2 Å². The molecule has 1 N–H and O–H groups in total. The smallest absolute Gasteiger partial charge is 0.0897 e. The zero-order valence-electron chi connectivity index (χ0n) is 14.1. The summed E-state index contributed by atoms with van der Waals surface area (Å²) in [4.78, 5) is 2.52. The number of hydrogen-bond acceptors (Lipinski definition) is 3. The van der Waals surface area contributed by atoms with Crippen molar-refractivity contribution >= 4 is 0 Å². The molecule has 1 aliphatic rings. The molecule has 2 atom stereocenters. The second kappa shape index (κ2) is 7.39. The Balaban J connectivity index is 2.21. The highest BCUT2D eigenvalue weighted by atomic mass is 16.5. The van der Waals surface area contributed by atoms with E-state index >= 15 is 0 Å². The fraction of sp³-hybridized carbons (Fsp3) is 0.667. The zero-order chi connectivity index (χ0) is 15.4. The van der Waals surface area contributed by atoms with Gasteiger partial charge in [-0.05, 0) is 45.4 Å². The number of nitrogens with one attached hydrogen (secondary N) is 1. The van der Waals surface area contributed by atoms with Gasteiger partial charge in [-0.3, -0.25) is 4.90 Å². The third-order valence-corrected chi connectivity index (χ3v) is 4.41. The molecule has 1 aromatic carbocycles. The molecule has 0 aromatic heterocycles. The van der Waals surface area contributed by atoms with Gasteiger partial charge in [0.05, 0.1) is 18.8 Å². The van der Waals surface area contributed by atoms with Crippen molar-refractivity contribution < 1.29 is 4.74 Å². The van der Waals surface area contributed by atoms with Gasteiger partial charge in [-0.15, -0.1) is 0 Å². The second-order valence-corrected chi connectivity index (χ2v) is 6.39. The number of morpholine rings is 1. The van der Waals surface area contributed by atoms with Crippen LogP contribution >= 0.6 is 0 Å². The van der Waals surface area contributed by atoms with Crippen molar-refractivity contribution in [2.75, 3.05) is 26.2 Å². The van der Waals surface area contributed by atoms with Crippen molar-refractivity contribution in [1.29, 1.82) is 0 Å². The molecule has 1 aromatic rings. The van der Waals surface area contributed by atoms with Crippen molar-refractivity contribution in [3.63, 3.8) is 0 Å². The molecule has 0 aliphatic carbocycles. The predicted molar refractivity (Wildman–Crippen MR) is 88.8 cm³/mol.